The molecule has 1 heterocycles. The summed E-state index contributed by atoms with van der Waals surface area (Å²) in [6, 6.07) is 3.64. The van der Waals surface area contributed by atoms with Crippen molar-refractivity contribution in [3.05, 3.63) is 35.4 Å². The largest absolute Gasteiger partial charge is 0.324 e. The number of nitrogens with zero attached hydrogens (tertiary/aromatic N) is 1. The van der Waals surface area contributed by atoms with Crippen molar-refractivity contribution in [3.63, 3.8) is 0 Å². The second-order valence-electron chi connectivity index (χ2n) is 5.23. The number of rotatable bonds is 4. The molecule has 1 aromatic rings. The van der Waals surface area contributed by atoms with Gasteiger partial charge in [0.05, 0.1) is 0 Å². The first-order valence-electron chi connectivity index (χ1n) is 6.71. The molecule has 1 saturated heterocycles. The molecule has 2 rings (SSSR count). The Morgan fingerprint density at radius 3 is 2.58 bits per heavy atom. The molecule has 2 atom stereocenters. The summed E-state index contributed by atoms with van der Waals surface area (Å²) >= 11 is 0. The van der Waals surface area contributed by atoms with Gasteiger partial charge >= 0.3 is 0 Å². The molecule has 0 aromatic heterocycles. The van der Waals surface area contributed by atoms with E-state index in [2.05, 4.69) is 10.2 Å². The molecule has 0 aliphatic carbocycles. The lowest BCUT2D eigenvalue weighted by Gasteiger charge is -2.31. The predicted molar refractivity (Wildman–Crippen MR) is 71.8 cm³/mol. The summed E-state index contributed by atoms with van der Waals surface area (Å²) in [5, 5.41) is 3.30. The zero-order valence-corrected chi connectivity index (χ0v) is 11.2. The maximum Gasteiger partial charge on any atom is 0.159 e. The first-order valence-corrected chi connectivity index (χ1v) is 6.71. The van der Waals surface area contributed by atoms with Gasteiger partial charge in [-0.3, -0.25) is 0 Å². The van der Waals surface area contributed by atoms with Gasteiger partial charge in [0.15, 0.2) is 11.6 Å². The van der Waals surface area contributed by atoms with E-state index in [-0.39, 0.29) is 12.0 Å². The molecule has 19 heavy (non-hydrogen) atoms. The van der Waals surface area contributed by atoms with Crippen LogP contribution in [0.4, 0.5) is 8.78 Å². The number of halogens is 2. The Morgan fingerprint density at radius 2 is 1.95 bits per heavy atom. The summed E-state index contributed by atoms with van der Waals surface area (Å²) in [7, 11) is 0. The van der Waals surface area contributed by atoms with Gasteiger partial charge in [-0.05, 0) is 23.6 Å². The van der Waals surface area contributed by atoms with Gasteiger partial charge in [0.1, 0.15) is 0 Å². The van der Waals surface area contributed by atoms with E-state index in [1.807, 2.05) is 6.92 Å². The zero-order chi connectivity index (χ0) is 13.8. The van der Waals surface area contributed by atoms with Gasteiger partial charge in [-0.15, -0.1) is 0 Å². The first-order chi connectivity index (χ1) is 9.08. The smallest absolute Gasteiger partial charge is 0.159 e. The van der Waals surface area contributed by atoms with Crippen LogP contribution in [0.5, 0.6) is 0 Å². The Kier molecular flexibility index (Phi) is 4.85. The van der Waals surface area contributed by atoms with Gasteiger partial charge in [-0.25, -0.2) is 8.78 Å². The third-order valence-electron chi connectivity index (χ3n) is 3.70. The van der Waals surface area contributed by atoms with Gasteiger partial charge in [0, 0.05) is 38.8 Å². The minimum atomic E-state index is -0.831. The Labute approximate surface area is 112 Å². The molecular weight excluding hydrogens is 248 g/mol. The third kappa shape index (κ3) is 3.72. The number of nitrogens with one attached hydrogen (secondary N) is 1. The second kappa shape index (κ2) is 6.41. The first kappa shape index (κ1) is 14.4. The van der Waals surface area contributed by atoms with Crippen molar-refractivity contribution in [2.24, 2.45) is 11.7 Å². The summed E-state index contributed by atoms with van der Waals surface area (Å²) in [6.45, 7) is 6.93. The summed E-state index contributed by atoms with van der Waals surface area (Å²) < 4.78 is 26.1. The monoisotopic (exact) mass is 269 g/mol. The summed E-state index contributed by atoms with van der Waals surface area (Å²) in [4.78, 5) is 2.35. The van der Waals surface area contributed by atoms with E-state index in [0.29, 0.717) is 5.56 Å². The van der Waals surface area contributed by atoms with E-state index in [0.717, 1.165) is 38.8 Å². The Bertz CT molecular complexity index is 419. The third-order valence-corrected chi connectivity index (χ3v) is 3.70. The molecule has 2 unspecified atom stereocenters. The number of nitrogens with two attached hydrogens (primary N) is 1. The Morgan fingerprint density at radius 1 is 1.26 bits per heavy atom. The lowest BCUT2D eigenvalue weighted by atomic mass is 9.94. The lowest BCUT2D eigenvalue weighted by molar-refractivity contribution is 0.199. The molecule has 1 aromatic carbocycles. The number of hydrogen-bond acceptors (Lipinski definition) is 3. The number of benzene rings is 1. The van der Waals surface area contributed by atoms with Crippen molar-refractivity contribution in [1.82, 2.24) is 10.2 Å². The van der Waals surface area contributed by atoms with Crippen LogP contribution < -0.4 is 11.1 Å². The summed E-state index contributed by atoms with van der Waals surface area (Å²) in [6.07, 6.45) is 0. The van der Waals surface area contributed by atoms with E-state index in [4.69, 9.17) is 5.73 Å². The van der Waals surface area contributed by atoms with Crippen LogP contribution in [-0.2, 0) is 0 Å². The van der Waals surface area contributed by atoms with Gasteiger partial charge in [-0.1, -0.05) is 13.0 Å². The molecule has 3 nitrogen and oxygen atoms in total. The average molecular weight is 269 g/mol. The molecule has 0 spiro atoms. The molecular formula is C14H21F2N3. The van der Waals surface area contributed by atoms with E-state index >= 15 is 0 Å². The van der Waals surface area contributed by atoms with Gasteiger partial charge in [0.2, 0.25) is 0 Å². The number of hydrogen-bond donors (Lipinski definition) is 2. The van der Waals surface area contributed by atoms with E-state index < -0.39 is 11.6 Å². The van der Waals surface area contributed by atoms with Crippen molar-refractivity contribution in [2.45, 2.75) is 13.0 Å². The molecule has 106 valence electrons. The van der Waals surface area contributed by atoms with Crippen molar-refractivity contribution in [1.29, 1.82) is 0 Å². The maximum absolute atomic E-state index is 13.2. The highest BCUT2D eigenvalue weighted by Gasteiger charge is 2.20. The standard InChI is InChI=1S/C14H21F2N3/c1-10(9-19-6-4-18-5-7-19)14(17)11-2-3-12(15)13(16)8-11/h2-3,8,10,14,18H,4-7,9,17H2,1H3. The molecule has 0 bridgehead atoms. The minimum absolute atomic E-state index is 0.197. The van der Waals surface area contributed by atoms with Gasteiger partial charge in [-0.2, -0.15) is 0 Å². The van der Waals surface area contributed by atoms with Crippen LogP contribution in [0.25, 0.3) is 0 Å². The fourth-order valence-electron chi connectivity index (χ4n) is 2.46. The normalized spacial score (nSPS) is 20.2. The van der Waals surface area contributed by atoms with E-state index in [1.165, 1.54) is 6.07 Å². The lowest BCUT2D eigenvalue weighted by Crippen LogP contribution is -2.46. The summed E-state index contributed by atoms with van der Waals surface area (Å²) in [5.41, 5.74) is 6.80. The molecule has 5 heteroatoms. The van der Waals surface area contributed by atoms with Crippen molar-refractivity contribution >= 4 is 0 Å². The quantitative estimate of drug-likeness (QED) is 0.870. The van der Waals surface area contributed by atoms with Crippen LogP contribution in [0.15, 0.2) is 18.2 Å². The molecule has 1 fully saturated rings. The summed E-state index contributed by atoms with van der Waals surface area (Å²) in [5.74, 6) is -1.46. The van der Waals surface area contributed by atoms with Crippen LogP contribution >= 0.6 is 0 Å². The highest BCUT2D eigenvalue weighted by atomic mass is 19.2. The van der Waals surface area contributed by atoms with Crippen LogP contribution in [-0.4, -0.2) is 37.6 Å². The topological polar surface area (TPSA) is 41.3 Å². The van der Waals surface area contributed by atoms with Crippen molar-refractivity contribution in [3.8, 4) is 0 Å². The molecule has 1 aliphatic heterocycles. The molecule has 0 radical (unpaired) electrons. The van der Waals surface area contributed by atoms with Crippen LogP contribution in [0.2, 0.25) is 0 Å². The van der Waals surface area contributed by atoms with Crippen LogP contribution in [0, 0.1) is 17.6 Å². The highest BCUT2D eigenvalue weighted by molar-refractivity contribution is 5.21. The maximum atomic E-state index is 13.2. The molecule has 1 aliphatic rings. The van der Waals surface area contributed by atoms with E-state index in [1.54, 1.807) is 6.07 Å². The molecule has 0 amide bonds. The zero-order valence-electron chi connectivity index (χ0n) is 11.2. The van der Waals surface area contributed by atoms with E-state index in [9.17, 15) is 8.78 Å². The fourth-order valence-corrected chi connectivity index (χ4v) is 2.46. The van der Waals surface area contributed by atoms with Gasteiger partial charge < -0.3 is 16.0 Å². The Hall–Kier alpha value is -1.04. The fraction of sp³-hybridized carbons (Fsp3) is 0.571. The predicted octanol–water partition coefficient (Wildman–Crippen LogP) is 1.51. The van der Waals surface area contributed by atoms with Crippen LogP contribution in [0.3, 0.4) is 0 Å². The molecule has 0 saturated carbocycles. The van der Waals surface area contributed by atoms with Crippen molar-refractivity contribution < 1.29 is 8.78 Å². The van der Waals surface area contributed by atoms with Crippen molar-refractivity contribution in [2.75, 3.05) is 32.7 Å². The number of piperazine rings is 1. The highest BCUT2D eigenvalue weighted by Crippen LogP contribution is 2.22. The van der Waals surface area contributed by atoms with Gasteiger partial charge in [0.25, 0.3) is 0 Å². The second-order valence-corrected chi connectivity index (χ2v) is 5.23. The van der Waals surface area contributed by atoms with Crippen LogP contribution in [0.1, 0.15) is 18.5 Å². The Balaban J connectivity index is 1.97. The molecule has 3 N–H and O–H groups in total. The average Bonchev–Trinajstić information content (AvgIpc) is 2.42. The minimum Gasteiger partial charge on any atom is -0.324 e. The SMILES string of the molecule is CC(CN1CCNCC1)C(N)c1ccc(F)c(F)c1.